The monoisotopic (exact) mass is 314 g/mol. The van der Waals surface area contributed by atoms with Gasteiger partial charge in [0.25, 0.3) is 0 Å². The number of aliphatic imine (C=N–C) groups is 1. The van der Waals surface area contributed by atoms with Crippen molar-refractivity contribution in [2.45, 2.75) is 11.8 Å². The van der Waals surface area contributed by atoms with Gasteiger partial charge in [-0.1, -0.05) is 36.1 Å². The van der Waals surface area contributed by atoms with Gasteiger partial charge in [-0.3, -0.25) is 9.98 Å². The lowest BCUT2D eigenvalue weighted by Gasteiger charge is -2.19. The van der Waals surface area contributed by atoms with E-state index in [-0.39, 0.29) is 4.87 Å². The molecular formula is C16H14N2OS2. The zero-order valence-electron chi connectivity index (χ0n) is 11.7. The van der Waals surface area contributed by atoms with Crippen molar-refractivity contribution in [2.24, 2.45) is 4.99 Å². The van der Waals surface area contributed by atoms with E-state index in [1.54, 1.807) is 31.3 Å². The Morgan fingerprint density at radius 3 is 2.38 bits per heavy atom. The number of thioether (sulfide) groups is 1. The number of benzene rings is 1. The number of methoxy groups -OCH3 is 1. The van der Waals surface area contributed by atoms with Gasteiger partial charge in [0, 0.05) is 18.0 Å². The van der Waals surface area contributed by atoms with E-state index < -0.39 is 0 Å². The second-order valence-electron chi connectivity index (χ2n) is 4.80. The van der Waals surface area contributed by atoms with Gasteiger partial charge >= 0.3 is 0 Å². The summed E-state index contributed by atoms with van der Waals surface area (Å²) >= 11 is 7.11. The molecule has 21 heavy (non-hydrogen) atoms. The predicted molar refractivity (Wildman–Crippen MR) is 91.3 cm³/mol. The highest BCUT2D eigenvalue weighted by molar-refractivity contribution is 8.26. The Hall–Kier alpha value is -1.72. The molecule has 0 spiro atoms. The molecule has 3 rings (SSSR count). The van der Waals surface area contributed by atoms with Crippen LogP contribution in [0.2, 0.25) is 0 Å². The summed E-state index contributed by atoms with van der Waals surface area (Å²) in [5, 5.41) is 0. The topological polar surface area (TPSA) is 34.5 Å². The molecule has 1 aliphatic rings. The molecule has 2 heterocycles. The largest absolute Gasteiger partial charge is 0.497 e. The van der Waals surface area contributed by atoms with Crippen molar-refractivity contribution in [3.63, 3.8) is 0 Å². The lowest BCUT2D eigenvalue weighted by Crippen LogP contribution is -2.11. The van der Waals surface area contributed by atoms with Crippen LogP contribution in [-0.4, -0.2) is 22.0 Å². The van der Waals surface area contributed by atoms with E-state index in [0.717, 1.165) is 26.8 Å². The Morgan fingerprint density at radius 1 is 1.10 bits per heavy atom. The highest BCUT2D eigenvalue weighted by Crippen LogP contribution is 2.44. The molecule has 0 saturated carbocycles. The molecule has 0 bridgehead atoms. The van der Waals surface area contributed by atoms with E-state index in [1.165, 1.54) is 0 Å². The number of aromatic nitrogens is 1. The summed E-state index contributed by atoms with van der Waals surface area (Å²) < 4.78 is 6.02. The van der Waals surface area contributed by atoms with Gasteiger partial charge in [0.2, 0.25) is 0 Å². The maximum Gasteiger partial charge on any atom is 0.134 e. The van der Waals surface area contributed by atoms with E-state index in [9.17, 15) is 0 Å². The first-order valence-corrected chi connectivity index (χ1v) is 7.73. The van der Waals surface area contributed by atoms with Crippen molar-refractivity contribution in [3.8, 4) is 5.75 Å². The Balaban J connectivity index is 1.99. The van der Waals surface area contributed by atoms with Crippen LogP contribution in [0.5, 0.6) is 5.75 Å². The molecular weight excluding hydrogens is 300 g/mol. The van der Waals surface area contributed by atoms with Crippen LogP contribution in [0, 0.1) is 0 Å². The van der Waals surface area contributed by atoms with Crippen molar-refractivity contribution in [3.05, 3.63) is 59.9 Å². The summed E-state index contributed by atoms with van der Waals surface area (Å²) in [6.07, 6.45) is 3.52. The third kappa shape index (κ3) is 2.71. The third-order valence-electron chi connectivity index (χ3n) is 3.39. The smallest absolute Gasteiger partial charge is 0.134 e. The number of thiocarbonyl (C=S) groups is 1. The first-order chi connectivity index (χ1) is 10.1. The molecule has 1 unspecified atom stereocenters. The van der Waals surface area contributed by atoms with Crippen molar-refractivity contribution in [1.82, 2.24) is 4.98 Å². The third-order valence-corrected chi connectivity index (χ3v) is 4.94. The highest BCUT2D eigenvalue weighted by Gasteiger charge is 2.36. The fraction of sp³-hybridized carbons (Fsp3) is 0.188. The van der Waals surface area contributed by atoms with E-state index in [2.05, 4.69) is 11.9 Å². The van der Waals surface area contributed by atoms with Crippen LogP contribution in [0.25, 0.3) is 0 Å². The molecule has 5 heteroatoms. The van der Waals surface area contributed by atoms with Gasteiger partial charge in [0.05, 0.1) is 17.0 Å². The van der Waals surface area contributed by atoms with Crippen molar-refractivity contribution in [2.75, 3.05) is 7.11 Å². The Bertz CT molecular complexity index is 698. The summed E-state index contributed by atoms with van der Waals surface area (Å²) in [7, 11) is 1.66. The molecule has 1 atom stereocenters. The number of hydrogen-bond acceptors (Lipinski definition) is 5. The van der Waals surface area contributed by atoms with Crippen LogP contribution in [0.1, 0.15) is 18.1 Å². The van der Waals surface area contributed by atoms with Gasteiger partial charge in [-0.05, 0) is 36.8 Å². The van der Waals surface area contributed by atoms with Gasteiger partial charge in [0.1, 0.15) is 10.6 Å². The van der Waals surface area contributed by atoms with Crippen LogP contribution in [0.4, 0.5) is 0 Å². The van der Waals surface area contributed by atoms with E-state index in [1.807, 2.05) is 36.4 Å². The van der Waals surface area contributed by atoms with Crippen LogP contribution in [0.3, 0.4) is 0 Å². The quantitative estimate of drug-likeness (QED) is 0.807. The predicted octanol–water partition coefficient (Wildman–Crippen LogP) is 3.83. The number of pyridine rings is 1. The summed E-state index contributed by atoms with van der Waals surface area (Å²) in [4.78, 5) is 8.52. The van der Waals surface area contributed by atoms with E-state index in [0.29, 0.717) is 0 Å². The van der Waals surface area contributed by atoms with Gasteiger partial charge in [-0.25, -0.2) is 0 Å². The molecule has 1 aromatic heterocycles. The average Bonchev–Trinajstić information content (AvgIpc) is 2.84. The lowest BCUT2D eigenvalue weighted by atomic mass is 10.1. The molecule has 0 saturated heterocycles. The Morgan fingerprint density at radius 2 is 1.76 bits per heavy atom. The van der Waals surface area contributed by atoms with E-state index in [4.69, 9.17) is 21.9 Å². The van der Waals surface area contributed by atoms with Gasteiger partial charge < -0.3 is 4.74 Å². The van der Waals surface area contributed by atoms with Gasteiger partial charge in [-0.2, -0.15) is 0 Å². The minimum atomic E-state index is -0.387. The second kappa shape index (κ2) is 5.58. The molecule has 0 aliphatic carbocycles. The zero-order valence-corrected chi connectivity index (χ0v) is 13.4. The summed E-state index contributed by atoms with van der Waals surface area (Å²) in [5.74, 6) is 0.839. The molecule has 0 fully saturated rings. The van der Waals surface area contributed by atoms with Crippen LogP contribution >= 0.6 is 24.0 Å². The standard InChI is InChI=1S/C16H14N2OS2/c1-16(12-3-5-13(19-2)6-4-12)18-14(15(20)21-16)11-7-9-17-10-8-11/h3-10H,1-2H3. The lowest BCUT2D eigenvalue weighted by molar-refractivity contribution is 0.414. The Labute approximate surface area is 133 Å². The number of rotatable bonds is 3. The van der Waals surface area contributed by atoms with Crippen LogP contribution < -0.4 is 4.74 Å². The van der Waals surface area contributed by atoms with Crippen molar-refractivity contribution < 1.29 is 4.74 Å². The first kappa shape index (κ1) is 14.2. The van der Waals surface area contributed by atoms with Gasteiger partial charge in [-0.15, -0.1) is 0 Å². The molecule has 1 aromatic carbocycles. The molecule has 106 valence electrons. The molecule has 0 radical (unpaired) electrons. The summed E-state index contributed by atoms with van der Waals surface area (Å²) in [5.41, 5.74) is 3.00. The number of ether oxygens (including phenoxy) is 1. The van der Waals surface area contributed by atoms with Crippen LogP contribution in [0.15, 0.2) is 53.8 Å². The number of nitrogens with zero attached hydrogens (tertiary/aromatic N) is 2. The fourth-order valence-corrected chi connectivity index (χ4v) is 3.89. The highest BCUT2D eigenvalue weighted by atomic mass is 32.2. The van der Waals surface area contributed by atoms with Gasteiger partial charge in [0.15, 0.2) is 0 Å². The van der Waals surface area contributed by atoms with Crippen molar-refractivity contribution >= 4 is 33.9 Å². The van der Waals surface area contributed by atoms with Crippen LogP contribution in [-0.2, 0) is 4.87 Å². The molecule has 1 aliphatic heterocycles. The first-order valence-electron chi connectivity index (χ1n) is 6.50. The minimum Gasteiger partial charge on any atom is -0.497 e. The summed E-state index contributed by atoms with van der Waals surface area (Å²) in [6, 6.07) is 11.8. The maximum atomic E-state index is 5.51. The summed E-state index contributed by atoms with van der Waals surface area (Å²) in [6.45, 7) is 2.08. The average molecular weight is 314 g/mol. The zero-order chi connectivity index (χ0) is 14.9. The Kier molecular flexibility index (Phi) is 3.78. The molecule has 0 N–H and O–H groups in total. The normalized spacial score (nSPS) is 21.2. The maximum absolute atomic E-state index is 5.51. The minimum absolute atomic E-state index is 0.387. The SMILES string of the molecule is COc1ccc(C2(C)N=C(c3ccncc3)C(=S)S2)cc1. The van der Waals surface area contributed by atoms with E-state index >= 15 is 0 Å². The fourth-order valence-electron chi connectivity index (χ4n) is 2.23. The second-order valence-corrected chi connectivity index (χ2v) is 6.87. The molecule has 2 aromatic rings. The molecule has 3 nitrogen and oxygen atoms in total. The molecule has 0 amide bonds. The number of hydrogen-bond donors (Lipinski definition) is 0. The van der Waals surface area contributed by atoms with Crippen molar-refractivity contribution in [1.29, 1.82) is 0 Å².